The Balaban J connectivity index is 0.000000350. The molecule has 0 amide bonds. The van der Waals surface area contributed by atoms with Crippen LogP contribution in [0.1, 0.15) is 31.4 Å². The van der Waals surface area contributed by atoms with Gasteiger partial charge in [0.05, 0.1) is 23.3 Å². The van der Waals surface area contributed by atoms with Crippen LogP contribution in [0, 0.1) is 12.3 Å². The number of allylic oxidation sites excluding steroid dienone is 3. The molecule has 40 heavy (non-hydrogen) atoms. The maximum Gasteiger partial charge on any atom is 0.145 e. The van der Waals surface area contributed by atoms with Crippen molar-refractivity contribution in [3.8, 4) is 11.3 Å². The summed E-state index contributed by atoms with van der Waals surface area (Å²) in [6, 6.07) is 24.3. The van der Waals surface area contributed by atoms with Crippen LogP contribution in [0.25, 0.3) is 11.3 Å². The number of aromatic nitrogens is 2. The van der Waals surface area contributed by atoms with E-state index in [1.54, 1.807) is 30.4 Å². The molecule has 2 heterocycles. The fourth-order valence-corrected chi connectivity index (χ4v) is 4.93. The Hall–Kier alpha value is -4.00. The second kappa shape index (κ2) is 13.9. The predicted octanol–water partition coefficient (Wildman–Crippen LogP) is 9.00. The zero-order chi connectivity index (χ0) is 28.5. The van der Waals surface area contributed by atoms with Gasteiger partial charge in [-0.3, -0.25) is 14.9 Å². The fraction of sp³-hybridized carbons (Fsp3) is 0.152. The number of nitrogens with one attached hydrogen (secondary N) is 1. The molecule has 5 rings (SSSR count). The van der Waals surface area contributed by atoms with Crippen molar-refractivity contribution >= 4 is 41.1 Å². The quantitative estimate of drug-likeness (QED) is 0.187. The van der Waals surface area contributed by atoms with E-state index in [2.05, 4.69) is 65.3 Å². The monoisotopic (exact) mass is 565 g/mol. The van der Waals surface area contributed by atoms with Gasteiger partial charge in [0.2, 0.25) is 0 Å². The van der Waals surface area contributed by atoms with Gasteiger partial charge in [0, 0.05) is 50.9 Å². The molecule has 3 aromatic carbocycles. The highest BCUT2D eigenvalue weighted by Crippen LogP contribution is 2.33. The summed E-state index contributed by atoms with van der Waals surface area (Å²) in [4.78, 5) is 16.8. The van der Waals surface area contributed by atoms with Gasteiger partial charge >= 0.3 is 0 Å². The molecule has 1 N–H and O–H groups in total. The van der Waals surface area contributed by atoms with Crippen LogP contribution in [-0.4, -0.2) is 28.3 Å². The SMILES string of the molecule is CC/C=C1/C(C=N)=C(C)N=C(c2ccc(-c3cnccn3)cc2)N1c1ccc(Cl)cc1.CSc1cccc(C)c1. The molecule has 0 spiro atoms. The zero-order valence-electron chi connectivity index (χ0n) is 23.1. The highest BCUT2D eigenvalue weighted by molar-refractivity contribution is 7.98. The number of hydrogen-bond acceptors (Lipinski definition) is 6. The molecule has 0 saturated carbocycles. The Morgan fingerprint density at radius 1 is 0.950 bits per heavy atom. The van der Waals surface area contributed by atoms with E-state index in [1.165, 1.54) is 16.7 Å². The normalized spacial score (nSPS) is 14.0. The highest BCUT2D eigenvalue weighted by atomic mass is 35.5. The Bertz CT molecular complexity index is 1540. The smallest absolute Gasteiger partial charge is 0.145 e. The van der Waals surface area contributed by atoms with Crippen molar-refractivity contribution in [2.45, 2.75) is 32.1 Å². The molecule has 0 saturated heterocycles. The van der Waals surface area contributed by atoms with Gasteiger partial charge in [-0.2, -0.15) is 0 Å². The Labute approximate surface area is 245 Å². The summed E-state index contributed by atoms with van der Waals surface area (Å²) < 4.78 is 0. The summed E-state index contributed by atoms with van der Waals surface area (Å²) in [7, 11) is 0. The van der Waals surface area contributed by atoms with Crippen LogP contribution in [0.15, 0.2) is 124 Å². The molecule has 0 atom stereocenters. The van der Waals surface area contributed by atoms with Crippen molar-refractivity contribution < 1.29 is 0 Å². The maximum absolute atomic E-state index is 7.96. The first kappa shape index (κ1) is 29.0. The van der Waals surface area contributed by atoms with Crippen molar-refractivity contribution in [2.75, 3.05) is 11.2 Å². The summed E-state index contributed by atoms with van der Waals surface area (Å²) >= 11 is 7.92. The lowest BCUT2D eigenvalue weighted by molar-refractivity contribution is 1.08. The minimum Gasteiger partial charge on any atom is -0.308 e. The van der Waals surface area contributed by atoms with Gasteiger partial charge in [-0.1, -0.05) is 66.6 Å². The van der Waals surface area contributed by atoms with E-state index in [0.717, 1.165) is 51.7 Å². The van der Waals surface area contributed by atoms with Crippen molar-refractivity contribution in [1.29, 1.82) is 5.41 Å². The van der Waals surface area contributed by atoms with Crippen LogP contribution >= 0.6 is 23.4 Å². The molecular weight excluding hydrogens is 534 g/mol. The van der Waals surface area contributed by atoms with Gasteiger partial charge in [-0.05, 0) is 62.9 Å². The number of halogens is 1. The predicted molar refractivity (Wildman–Crippen MR) is 171 cm³/mol. The van der Waals surface area contributed by atoms with Crippen LogP contribution in [0.4, 0.5) is 5.69 Å². The molecule has 0 aliphatic carbocycles. The minimum absolute atomic E-state index is 0.674. The van der Waals surface area contributed by atoms with Gasteiger partial charge in [0.25, 0.3) is 0 Å². The van der Waals surface area contributed by atoms with Crippen LogP contribution in [0.2, 0.25) is 5.02 Å². The van der Waals surface area contributed by atoms with Gasteiger partial charge in [0.1, 0.15) is 5.84 Å². The molecule has 4 aromatic rings. The summed E-state index contributed by atoms with van der Waals surface area (Å²) in [5.74, 6) is 0.802. The number of thioether (sulfide) groups is 1. The van der Waals surface area contributed by atoms with Crippen molar-refractivity contribution in [3.63, 3.8) is 0 Å². The van der Waals surface area contributed by atoms with Crippen LogP contribution < -0.4 is 4.90 Å². The van der Waals surface area contributed by atoms with Crippen molar-refractivity contribution in [2.24, 2.45) is 4.99 Å². The summed E-state index contributed by atoms with van der Waals surface area (Å²) in [5.41, 5.74) is 7.61. The van der Waals surface area contributed by atoms with Gasteiger partial charge in [0.15, 0.2) is 0 Å². The molecular formula is C33H32ClN5S. The zero-order valence-corrected chi connectivity index (χ0v) is 24.7. The summed E-state index contributed by atoms with van der Waals surface area (Å²) in [5, 5.41) is 8.64. The van der Waals surface area contributed by atoms with Crippen molar-refractivity contribution in [1.82, 2.24) is 9.97 Å². The minimum atomic E-state index is 0.674. The number of hydrogen-bond donors (Lipinski definition) is 1. The third-order valence-corrected chi connectivity index (χ3v) is 7.22. The molecule has 1 aliphatic rings. The maximum atomic E-state index is 7.96. The second-order valence-electron chi connectivity index (χ2n) is 9.08. The molecule has 1 aliphatic heterocycles. The number of benzene rings is 3. The van der Waals surface area contributed by atoms with E-state index >= 15 is 0 Å². The molecule has 5 nitrogen and oxygen atoms in total. The number of aliphatic imine (C=N–C) groups is 1. The van der Waals surface area contributed by atoms with E-state index in [0.29, 0.717) is 5.02 Å². The van der Waals surface area contributed by atoms with E-state index in [-0.39, 0.29) is 0 Å². The van der Waals surface area contributed by atoms with Gasteiger partial charge in [-0.15, -0.1) is 11.8 Å². The van der Waals surface area contributed by atoms with E-state index < -0.39 is 0 Å². The largest absolute Gasteiger partial charge is 0.308 e. The van der Waals surface area contributed by atoms with E-state index in [1.807, 2.05) is 55.5 Å². The average Bonchev–Trinajstić information content (AvgIpc) is 2.99. The topological polar surface area (TPSA) is 65.2 Å². The lowest BCUT2D eigenvalue weighted by Crippen LogP contribution is -2.35. The van der Waals surface area contributed by atoms with Gasteiger partial charge in [-0.25, -0.2) is 4.99 Å². The van der Waals surface area contributed by atoms with Crippen molar-refractivity contribution in [3.05, 3.63) is 131 Å². The van der Waals surface area contributed by atoms with Crippen LogP contribution in [0.3, 0.4) is 0 Å². The lowest BCUT2D eigenvalue weighted by Gasteiger charge is -2.33. The Morgan fingerprint density at radius 2 is 1.68 bits per heavy atom. The van der Waals surface area contributed by atoms with Crippen LogP contribution in [-0.2, 0) is 0 Å². The molecule has 0 unspecified atom stereocenters. The second-order valence-corrected chi connectivity index (χ2v) is 10.4. The number of nitrogens with zero attached hydrogens (tertiary/aromatic N) is 4. The Kier molecular flexibility index (Phi) is 10.1. The molecule has 7 heteroatoms. The molecule has 1 aromatic heterocycles. The number of aryl methyl sites for hydroxylation is 1. The van der Waals surface area contributed by atoms with Crippen LogP contribution in [0.5, 0.6) is 0 Å². The Morgan fingerprint density at radius 3 is 2.25 bits per heavy atom. The first-order valence-corrected chi connectivity index (χ1v) is 14.6. The third kappa shape index (κ3) is 6.95. The first-order valence-electron chi connectivity index (χ1n) is 13.0. The van der Waals surface area contributed by atoms with Gasteiger partial charge < -0.3 is 5.41 Å². The third-order valence-electron chi connectivity index (χ3n) is 6.25. The van der Waals surface area contributed by atoms with E-state index in [4.69, 9.17) is 22.0 Å². The molecule has 0 radical (unpaired) electrons. The highest BCUT2D eigenvalue weighted by Gasteiger charge is 2.27. The number of rotatable bonds is 6. The van der Waals surface area contributed by atoms with E-state index in [9.17, 15) is 0 Å². The lowest BCUT2D eigenvalue weighted by atomic mass is 10.0. The number of amidine groups is 1. The molecule has 0 fully saturated rings. The summed E-state index contributed by atoms with van der Waals surface area (Å²) in [6.07, 6.45) is 11.5. The molecule has 202 valence electrons. The summed E-state index contributed by atoms with van der Waals surface area (Å²) in [6.45, 7) is 6.14. The first-order chi connectivity index (χ1) is 19.4. The standard InChI is InChI=1S/C25H22ClN5.C8H10S/c1-3-4-24-22(15-27)17(2)30-25(31(24)21-11-9-20(26)10-12-21)19-7-5-18(6-8-19)23-16-28-13-14-29-23;1-7-4-3-5-8(6-7)9-2/h4-16,27H,3H2,1-2H3;3-6H,1-2H3/b24-4-,27-15?;. The average molecular weight is 566 g/mol. The molecule has 0 bridgehead atoms. The number of anilines is 1. The fourth-order valence-electron chi connectivity index (χ4n) is 4.29.